The van der Waals surface area contributed by atoms with Crippen LogP contribution in [0.15, 0.2) is 36.4 Å². The van der Waals surface area contributed by atoms with Gasteiger partial charge in [-0.05, 0) is 35.9 Å². The number of nitrogens with one attached hydrogen (secondary N) is 1. The quantitative estimate of drug-likeness (QED) is 0.919. The molecule has 7 heteroatoms. The fourth-order valence-electron chi connectivity index (χ4n) is 1.89. The molecule has 0 aromatic heterocycles. The van der Waals surface area contributed by atoms with E-state index >= 15 is 0 Å². The molecule has 1 atom stereocenters. The summed E-state index contributed by atoms with van der Waals surface area (Å²) in [5, 5.41) is 2.81. The summed E-state index contributed by atoms with van der Waals surface area (Å²) in [6.07, 6.45) is 1.52. The summed E-state index contributed by atoms with van der Waals surface area (Å²) in [6, 6.07) is 7.74. The molecule has 0 unspecified atom stereocenters. The normalized spacial score (nSPS) is 12.0. The van der Waals surface area contributed by atoms with Crippen molar-refractivity contribution < 1.29 is 17.8 Å². The van der Waals surface area contributed by atoms with Crippen LogP contribution in [0.3, 0.4) is 0 Å². The Morgan fingerprint density at radius 3 is 2.45 bits per heavy atom. The number of hydrogen-bond donors (Lipinski definition) is 1. The molecule has 0 saturated carbocycles. The summed E-state index contributed by atoms with van der Waals surface area (Å²) in [5.41, 5.74) is 0.241. The Labute approximate surface area is 133 Å². The van der Waals surface area contributed by atoms with Gasteiger partial charge in [-0.15, -0.1) is 0 Å². The van der Waals surface area contributed by atoms with Gasteiger partial charge in [-0.2, -0.15) is 0 Å². The lowest BCUT2D eigenvalue weighted by atomic mass is 10.1. The van der Waals surface area contributed by atoms with E-state index < -0.39 is 33.9 Å². The van der Waals surface area contributed by atoms with Crippen molar-refractivity contribution in [2.75, 3.05) is 11.6 Å². The van der Waals surface area contributed by atoms with Crippen LogP contribution >= 0.6 is 11.6 Å². The molecule has 0 fully saturated rings. The van der Waals surface area contributed by atoms with Gasteiger partial charge in [0, 0.05) is 33.5 Å². The van der Waals surface area contributed by atoms with Crippen LogP contribution in [0.2, 0.25) is 5.02 Å². The van der Waals surface area contributed by atoms with E-state index in [9.17, 15) is 17.8 Å². The molecule has 2 rings (SSSR count). The van der Waals surface area contributed by atoms with Gasteiger partial charge in [-0.25, -0.2) is 8.78 Å². The summed E-state index contributed by atoms with van der Waals surface area (Å²) in [6.45, 7) is 0. The van der Waals surface area contributed by atoms with E-state index in [2.05, 4.69) is 5.32 Å². The molecule has 0 aliphatic carbocycles. The summed E-state index contributed by atoms with van der Waals surface area (Å²) in [4.78, 5) is 12.0. The minimum absolute atomic E-state index is 0.219. The van der Waals surface area contributed by atoms with Crippen molar-refractivity contribution in [1.82, 2.24) is 0 Å². The van der Waals surface area contributed by atoms with Crippen molar-refractivity contribution in [2.24, 2.45) is 0 Å². The summed E-state index contributed by atoms with van der Waals surface area (Å²) in [7, 11) is -1.11. The lowest BCUT2D eigenvalue weighted by Crippen LogP contribution is -2.16. The molecule has 0 saturated heterocycles. The fourth-order valence-corrected chi connectivity index (χ4v) is 2.83. The lowest BCUT2D eigenvalue weighted by Gasteiger charge is -2.09. The van der Waals surface area contributed by atoms with Crippen LogP contribution in [0.4, 0.5) is 14.5 Å². The van der Waals surface area contributed by atoms with E-state index in [1.54, 1.807) is 0 Å². The maximum absolute atomic E-state index is 13.6. The smallest absolute Gasteiger partial charge is 0.261 e. The van der Waals surface area contributed by atoms with Gasteiger partial charge >= 0.3 is 0 Å². The topological polar surface area (TPSA) is 46.2 Å². The zero-order valence-electron chi connectivity index (χ0n) is 11.5. The first-order valence-corrected chi connectivity index (χ1v) is 8.33. The van der Waals surface area contributed by atoms with Crippen molar-refractivity contribution in [1.29, 1.82) is 0 Å². The van der Waals surface area contributed by atoms with Crippen LogP contribution in [0.5, 0.6) is 0 Å². The molecule has 0 heterocycles. The highest BCUT2D eigenvalue weighted by atomic mass is 35.5. The molecule has 0 spiro atoms. The first kappa shape index (κ1) is 16.6. The SMILES string of the molecule is C[S@@](=O)Cc1cc(NC(=O)c2c(F)cccc2F)ccc1Cl. The van der Waals surface area contributed by atoms with Gasteiger partial charge in [0.2, 0.25) is 0 Å². The van der Waals surface area contributed by atoms with Crippen LogP contribution in [0.1, 0.15) is 15.9 Å². The van der Waals surface area contributed by atoms with Gasteiger partial charge in [-0.1, -0.05) is 17.7 Å². The van der Waals surface area contributed by atoms with Crippen LogP contribution in [-0.2, 0) is 16.6 Å². The molecule has 1 N–H and O–H groups in total. The van der Waals surface area contributed by atoms with Gasteiger partial charge in [-0.3, -0.25) is 9.00 Å². The molecular weight excluding hydrogens is 332 g/mol. The lowest BCUT2D eigenvalue weighted by molar-refractivity contribution is 0.101. The predicted molar refractivity (Wildman–Crippen MR) is 83.5 cm³/mol. The van der Waals surface area contributed by atoms with Crippen LogP contribution < -0.4 is 5.32 Å². The minimum atomic E-state index is -1.11. The van der Waals surface area contributed by atoms with Gasteiger partial charge in [0.05, 0.1) is 0 Å². The Kier molecular flexibility index (Phi) is 5.26. The second kappa shape index (κ2) is 6.98. The van der Waals surface area contributed by atoms with Crippen molar-refractivity contribution in [3.63, 3.8) is 0 Å². The first-order chi connectivity index (χ1) is 10.4. The third-order valence-electron chi connectivity index (χ3n) is 2.85. The number of benzene rings is 2. The first-order valence-electron chi connectivity index (χ1n) is 6.22. The van der Waals surface area contributed by atoms with Crippen LogP contribution in [0, 0.1) is 11.6 Å². The van der Waals surface area contributed by atoms with E-state index in [1.165, 1.54) is 30.5 Å². The molecule has 0 aliphatic rings. The van der Waals surface area contributed by atoms with Crippen LogP contribution in [0.25, 0.3) is 0 Å². The molecule has 3 nitrogen and oxygen atoms in total. The largest absolute Gasteiger partial charge is 0.322 e. The Morgan fingerprint density at radius 1 is 1.23 bits per heavy atom. The van der Waals surface area contributed by atoms with E-state index in [4.69, 9.17) is 11.6 Å². The van der Waals surface area contributed by atoms with Crippen molar-refractivity contribution in [3.05, 3.63) is 64.2 Å². The maximum Gasteiger partial charge on any atom is 0.261 e. The number of carbonyl (C=O) groups excluding carboxylic acids is 1. The third-order valence-corrected chi connectivity index (χ3v) is 3.94. The molecule has 0 aliphatic heterocycles. The van der Waals surface area contributed by atoms with Crippen molar-refractivity contribution in [2.45, 2.75) is 5.75 Å². The highest BCUT2D eigenvalue weighted by molar-refractivity contribution is 7.83. The average molecular weight is 344 g/mol. The Bertz CT molecular complexity index is 732. The summed E-state index contributed by atoms with van der Waals surface area (Å²) >= 11 is 5.98. The summed E-state index contributed by atoms with van der Waals surface area (Å²) < 4.78 is 38.4. The monoisotopic (exact) mass is 343 g/mol. The predicted octanol–water partition coefficient (Wildman–Crippen LogP) is 3.75. The van der Waals surface area contributed by atoms with E-state index in [0.29, 0.717) is 16.3 Å². The highest BCUT2D eigenvalue weighted by Gasteiger charge is 2.17. The van der Waals surface area contributed by atoms with Gasteiger partial charge in [0.1, 0.15) is 17.2 Å². The summed E-state index contributed by atoms with van der Waals surface area (Å²) in [5.74, 6) is -2.57. The van der Waals surface area contributed by atoms with Gasteiger partial charge < -0.3 is 5.32 Å². The maximum atomic E-state index is 13.6. The Morgan fingerprint density at radius 2 is 1.86 bits per heavy atom. The molecule has 0 radical (unpaired) electrons. The number of halogens is 3. The second-order valence-electron chi connectivity index (χ2n) is 4.57. The number of hydrogen-bond acceptors (Lipinski definition) is 2. The highest BCUT2D eigenvalue weighted by Crippen LogP contribution is 2.23. The fraction of sp³-hybridized carbons (Fsp3) is 0.133. The second-order valence-corrected chi connectivity index (χ2v) is 6.42. The van der Waals surface area contributed by atoms with Gasteiger partial charge in [0.15, 0.2) is 0 Å². The zero-order chi connectivity index (χ0) is 16.3. The van der Waals surface area contributed by atoms with Crippen molar-refractivity contribution >= 4 is 34.0 Å². The standard InChI is InChI=1S/C15H12ClF2NO2S/c1-22(21)8-9-7-10(5-6-11(9)16)19-15(20)14-12(17)3-2-4-13(14)18/h2-7H,8H2,1H3,(H,19,20)/t22-/m1/s1. The number of anilines is 1. The molecule has 0 bridgehead atoms. The third kappa shape index (κ3) is 3.90. The molecule has 22 heavy (non-hydrogen) atoms. The van der Waals surface area contributed by atoms with Crippen LogP contribution in [-0.4, -0.2) is 16.4 Å². The van der Waals surface area contributed by atoms with E-state index in [0.717, 1.165) is 12.1 Å². The van der Waals surface area contributed by atoms with Crippen molar-refractivity contribution in [3.8, 4) is 0 Å². The molecular formula is C15H12ClF2NO2S. The Hall–Kier alpha value is -1.79. The van der Waals surface area contributed by atoms with E-state index in [1.807, 2.05) is 0 Å². The minimum Gasteiger partial charge on any atom is -0.322 e. The molecule has 2 aromatic carbocycles. The number of rotatable bonds is 4. The van der Waals surface area contributed by atoms with Gasteiger partial charge in [0.25, 0.3) is 5.91 Å². The number of amides is 1. The molecule has 116 valence electrons. The Balaban J connectivity index is 2.27. The molecule has 2 aromatic rings. The average Bonchev–Trinajstić information content (AvgIpc) is 2.42. The number of carbonyl (C=O) groups is 1. The molecule has 1 amide bonds. The van der Waals surface area contributed by atoms with E-state index in [-0.39, 0.29) is 5.75 Å². The zero-order valence-corrected chi connectivity index (χ0v) is 13.1.